The van der Waals surface area contributed by atoms with E-state index in [0.29, 0.717) is 17.3 Å². The van der Waals surface area contributed by atoms with Crippen LogP contribution in [0.4, 0.5) is 0 Å². The minimum absolute atomic E-state index is 0.0466. The van der Waals surface area contributed by atoms with E-state index in [1.165, 1.54) is 25.7 Å². The standard InChI is InChI=1S/C19H31ClO2/c1-18-7-5-12(21)9-11(18)3-4-13-14(18)6-8-19(2)15(13)10-16(20)17(19)22/h11-17,21-22H,3-10H2,1-2H3/t11-,12+,13+,14-,15-,16+,17-,18-,19-/m0/s1. The van der Waals surface area contributed by atoms with Gasteiger partial charge in [0, 0.05) is 0 Å². The molecule has 4 aliphatic rings. The molecule has 4 rings (SSSR count). The van der Waals surface area contributed by atoms with Crippen LogP contribution in [0.25, 0.3) is 0 Å². The van der Waals surface area contributed by atoms with Crippen molar-refractivity contribution in [2.45, 2.75) is 82.8 Å². The molecule has 4 aliphatic carbocycles. The smallest absolute Gasteiger partial charge is 0.0760 e. The van der Waals surface area contributed by atoms with Crippen LogP contribution in [0.5, 0.6) is 0 Å². The lowest BCUT2D eigenvalue weighted by atomic mass is 9.45. The molecule has 0 aliphatic heterocycles. The second-order valence-electron chi connectivity index (χ2n) is 9.33. The molecule has 0 radical (unpaired) electrons. The lowest BCUT2D eigenvalue weighted by molar-refractivity contribution is -0.133. The molecule has 0 aromatic heterocycles. The fraction of sp³-hybridized carbons (Fsp3) is 1.00. The van der Waals surface area contributed by atoms with Gasteiger partial charge in [-0.15, -0.1) is 11.6 Å². The highest BCUT2D eigenvalue weighted by molar-refractivity contribution is 6.21. The van der Waals surface area contributed by atoms with Gasteiger partial charge in [-0.3, -0.25) is 0 Å². The van der Waals surface area contributed by atoms with Gasteiger partial charge in [0.1, 0.15) is 0 Å². The molecule has 22 heavy (non-hydrogen) atoms. The van der Waals surface area contributed by atoms with Crippen LogP contribution in [0.1, 0.15) is 65.2 Å². The van der Waals surface area contributed by atoms with Gasteiger partial charge in [-0.25, -0.2) is 0 Å². The van der Waals surface area contributed by atoms with Gasteiger partial charge in [-0.1, -0.05) is 13.8 Å². The average molecular weight is 327 g/mol. The summed E-state index contributed by atoms with van der Waals surface area (Å²) in [5, 5.41) is 20.6. The van der Waals surface area contributed by atoms with Crippen molar-refractivity contribution in [3.8, 4) is 0 Å². The molecule has 0 aromatic carbocycles. The topological polar surface area (TPSA) is 40.5 Å². The van der Waals surface area contributed by atoms with Crippen molar-refractivity contribution in [1.29, 1.82) is 0 Å². The molecule has 0 spiro atoms. The van der Waals surface area contributed by atoms with Crippen molar-refractivity contribution in [1.82, 2.24) is 0 Å². The molecule has 3 heteroatoms. The van der Waals surface area contributed by atoms with E-state index in [2.05, 4.69) is 13.8 Å². The Morgan fingerprint density at radius 3 is 2.36 bits per heavy atom. The average Bonchev–Trinajstić information content (AvgIpc) is 2.72. The molecule has 0 heterocycles. The zero-order chi connectivity index (χ0) is 15.7. The van der Waals surface area contributed by atoms with Gasteiger partial charge in [-0.2, -0.15) is 0 Å². The summed E-state index contributed by atoms with van der Waals surface area (Å²) in [4.78, 5) is 0. The summed E-state index contributed by atoms with van der Waals surface area (Å²) in [6, 6.07) is 0. The summed E-state index contributed by atoms with van der Waals surface area (Å²) >= 11 is 6.47. The van der Waals surface area contributed by atoms with Crippen LogP contribution >= 0.6 is 11.6 Å². The van der Waals surface area contributed by atoms with Crippen LogP contribution in [-0.2, 0) is 0 Å². The summed E-state index contributed by atoms with van der Waals surface area (Å²) < 4.78 is 0. The van der Waals surface area contributed by atoms with Gasteiger partial charge in [0.05, 0.1) is 17.6 Å². The predicted octanol–water partition coefficient (Wildman–Crippen LogP) is 3.97. The second-order valence-corrected chi connectivity index (χ2v) is 9.89. The Morgan fingerprint density at radius 1 is 0.864 bits per heavy atom. The summed E-state index contributed by atoms with van der Waals surface area (Å²) in [6.07, 6.45) is 8.75. The van der Waals surface area contributed by atoms with Crippen LogP contribution in [0.15, 0.2) is 0 Å². The Kier molecular flexibility index (Phi) is 3.65. The molecule has 4 fully saturated rings. The van der Waals surface area contributed by atoms with Gasteiger partial charge < -0.3 is 10.2 Å². The quantitative estimate of drug-likeness (QED) is 0.661. The molecular formula is C19H31ClO2. The van der Waals surface area contributed by atoms with Crippen LogP contribution in [0, 0.1) is 34.5 Å². The molecule has 9 atom stereocenters. The molecule has 126 valence electrons. The maximum absolute atomic E-state index is 10.6. The molecule has 2 nitrogen and oxygen atoms in total. The monoisotopic (exact) mass is 326 g/mol. The molecule has 0 unspecified atom stereocenters. The zero-order valence-corrected chi connectivity index (χ0v) is 14.7. The van der Waals surface area contributed by atoms with Gasteiger partial charge in [0.2, 0.25) is 0 Å². The van der Waals surface area contributed by atoms with E-state index in [4.69, 9.17) is 11.6 Å². The minimum atomic E-state index is -0.321. The first-order valence-electron chi connectivity index (χ1n) is 9.36. The van der Waals surface area contributed by atoms with E-state index >= 15 is 0 Å². The third kappa shape index (κ3) is 1.99. The molecular weight excluding hydrogens is 296 g/mol. The lowest BCUT2D eigenvalue weighted by Gasteiger charge is -2.60. The predicted molar refractivity (Wildman–Crippen MR) is 88.8 cm³/mol. The zero-order valence-electron chi connectivity index (χ0n) is 14.0. The first-order chi connectivity index (χ1) is 10.4. The fourth-order valence-electron chi connectivity index (χ4n) is 7.18. The number of hydrogen-bond donors (Lipinski definition) is 2. The van der Waals surface area contributed by atoms with Gasteiger partial charge in [0.15, 0.2) is 0 Å². The Morgan fingerprint density at radius 2 is 1.59 bits per heavy atom. The first kappa shape index (κ1) is 15.7. The van der Waals surface area contributed by atoms with Gasteiger partial charge in [0.25, 0.3) is 0 Å². The summed E-state index contributed by atoms with van der Waals surface area (Å²) in [6.45, 7) is 4.80. The van der Waals surface area contributed by atoms with Crippen molar-refractivity contribution in [2.75, 3.05) is 0 Å². The summed E-state index contributed by atoms with van der Waals surface area (Å²) in [7, 11) is 0. The van der Waals surface area contributed by atoms with E-state index in [-0.39, 0.29) is 23.0 Å². The molecule has 0 amide bonds. The number of fused-ring (bicyclic) bond motifs is 5. The molecule has 2 N–H and O–H groups in total. The van der Waals surface area contributed by atoms with Crippen molar-refractivity contribution in [2.24, 2.45) is 34.5 Å². The van der Waals surface area contributed by atoms with E-state index in [0.717, 1.165) is 37.5 Å². The third-order valence-electron chi connectivity index (χ3n) is 8.57. The number of halogens is 1. The molecule has 4 saturated carbocycles. The van der Waals surface area contributed by atoms with Crippen LogP contribution < -0.4 is 0 Å². The highest BCUT2D eigenvalue weighted by atomic mass is 35.5. The van der Waals surface area contributed by atoms with Gasteiger partial charge in [-0.05, 0) is 85.9 Å². The number of aliphatic hydroxyl groups is 2. The van der Waals surface area contributed by atoms with Crippen LogP contribution in [-0.4, -0.2) is 27.8 Å². The Hall–Kier alpha value is 0.210. The van der Waals surface area contributed by atoms with Crippen LogP contribution in [0.3, 0.4) is 0 Å². The van der Waals surface area contributed by atoms with E-state index < -0.39 is 0 Å². The molecule has 0 bridgehead atoms. The normalized spacial score (nSPS) is 61.2. The number of alkyl halides is 1. The lowest BCUT2D eigenvalue weighted by Crippen LogP contribution is -2.54. The maximum atomic E-state index is 10.6. The Balaban J connectivity index is 1.63. The SMILES string of the molecule is C[C@]12CC[C@@H](O)C[C@@H]1CC[C@@H]1[C@@H]2CC[C@]2(C)[C@@H](O)[C@H](Cl)C[C@@H]12. The molecule has 0 aromatic rings. The summed E-state index contributed by atoms with van der Waals surface area (Å²) in [5.74, 6) is 2.84. The Bertz CT molecular complexity index is 455. The van der Waals surface area contributed by atoms with Crippen molar-refractivity contribution in [3.05, 3.63) is 0 Å². The highest BCUT2D eigenvalue weighted by Crippen LogP contribution is 2.66. The van der Waals surface area contributed by atoms with E-state index in [1.54, 1.807) is 0 Å². The Labute approximate surface area is 139 Å². The summed E-state index contributed by atoms with van der Waals surface area (Å²) in [5.41, 5.74) is 0.462. The van der Waals surface area contributed by atoms with E-state index in [9.17, 15) is 10.2 Å². The number of hydrogen-bond acceptors (Lipinski definition) is 2. The van der Waals surface area contributed by atoms with Gasteiger partial charge >= 0.3 is 0 Å². The third-order valence-corrected chi connectivity index (χ3v) is 8.99. The van der Waals surface area contributed by atoms with Crippen molar-refractivity contribution in [3.63, 3.8) is 0 Å². The van der Waals surface area contributed by atoms with Crippen molar-refractivity contribution >= 4 is 11.6 Å². The van der Waals surface area contributed by atoms with Crippen LogP contribution in [0.2, 0.25) is 0 Å². The van der Waals surface area contributed by atoms with Crippen molar-refractivity contribution < 1.29 is 10.2 Å². The first-order valence-corrected chi connectivity index (χ1v) is 9.80. The number of aliphatic hydroxyl groups excluding tert-OH is 2. The molecule has 0 saturated heterocycles. The highest BCUT2D eigenvalue weighted by Gasteiger charge is 2.61. The fourth-order valence-corrected chi connectivity index (χ4v) is 7.66. The van der Waals surface area contributed by atoms with E-state index in [1.807, 2.05) is 0 Å². The minimum Gasteiger partial charge on any atom is -0.393 e. The maximum Gasteiger partial charge on any atom is 0.0760 e. The number of rotatable bonds is 0. The second kappa shape index (κ2) is 5.10. The largest absolute Gasteiger partial charge is 0.393 e.